The first-order valence-electron chi connectivity index (χ1n) is 3.78. The first-order chi connectivity index (χ1) is 5.43. The molecule has 0 spiro atoms. The Balaban J connectivity index is 2.64. The molecule has 56 valence electrons. The highest BCUT2D eigenvalue weighted by Gasteiger charge is 1.78. The highest BCUT2D eigenvalue weighted by atomic mass is 13.8. The standard InChI is InChI=1S/C11H12/c1-2-3-5-8-11-9-6-4-7-10-11/h2-10H,1H3/b3-2-,8-5+. The van der Waals surface area contributed by atoms with Gasteiger partial charge in [0.05, 0.1) is 0 Å². The summed E-state index contributed by atoms with van der Waals surface area (Å²) in [6, 6.07) is 10.3. The normalized spacial score (nSPS) is 11.4. The third-order valence-corrected chi connectivity index (χ3v) is 1.39. The molecule has 0 amide bonds. The van der Waals surface area contributed by atoms with E-state index in [-0.39, 0.29) is 0 Å². The first kappa shape index (κ1) is 7.80. The summed E-state index contributed by atoms with van der Waals surface area (Å²) < 4.78 is 0. The molecule has 0 nitrogen and oxygen atoms in total. The zero-order chi connectivity index (χ0) is 7.94. The Hall–Kier alpha value is -1.30. The predicted molar refractivity (Wildman–Crippen MR) is 50.3 cm³/mol. The summed E-state index contributed by atoms with van der Waals surface area (Å²) in [6.45, 7) is 2.01. The molecule has 0 aliphatic rings. The Morgan fingerprint density at radius 2 is 1.73 bits per heavy atom. The summed E-state index contributed by atoms with van der Waals surface area (Å²) >= 11 is 0. The maximum absolute atomic E-state index is 2.08. The van der Waals surface area contributed by atoms with Gasteiger partial charge in [0.1, 0.15) is 0 Å². The summed E-state index contributed by atoms with van der Waals surface area (Å²) in [7, 11) is 0. The van der Waals surface area contributed by atoms with Crippen molar-refractivity contribution in [2.75, 3.05) is 0 Å². The van der Waals surface area contributed by atoms with Crippen LogP contribution in [0.2, 0.25) is 0 Å². The van der Waals surface area contributed by atoms with E-state index in [2.05, 4.69) is 18.2 Å². The summed E-state index contributed by atoms with van der Waals surface area (Å²) in [5.41, 5.74) is 1.24. The SMILES string of the molecule is C/C=C\C=C\c1ccccc1. The van der Waals surface area contributed by atoms with Gasteiger partial charge in [-0.2, -0.15) is 0 Å². The molecule has 0 aromatic heterocycles. The fourth-order valence-electron chi connectivity index (χ4n) is 0.842. The van der Waals surface area contributed by atoms with Gasteiger partial charge in [-0.05, 0) is 12.5 Å². The number of benzene rings is 1. The van der Waals surface area contributed by atoms with E-state index in [0.29, 0.717) is 0 Å². The van der Waals surface area contributed by atoms with Crippen LogP contribution in [-0.2, 0) is 0 Å². The highest BCUT2D eigenvalue weighted by Crippen LogP contribution is 2.00. The monoisotopic (exact) mass is 144 g/mol. The smallest absolute Gasteiger partial charge is 0.0257 e. The van der Waals surface area contributed by atoms with Crippen molar-refractivity contribution in [2.45, 2.75) is 6.92 Å². The van der Waals surface area contributed by atoms with E-state index in [1.807, 2.05) is 43.4 Å². The average Bonchev–Trinajstić information content (AvgIpc) is 2.07. The quantitative estimate of drug-likeness (QED) is 0.559. The second-order valence-electron chi connectivity index (χ2n) is 2.30. The maximum Gasteiger partial charge on any atom is -0.0257 e. The summed E-state index contributed by atoms with van der Waals surface area (Å²) in [5.74, 6) is 0. The zero-order valence-electron chi connectivity index (χ0n) is 6.70. The van der Waals surface area contributed by atoms with Crippen molar-refractivity contribution in [1.82, 2.24) is 0 Å². The second-order valence-corrected chi connectivity index (χ2v) is 2.30. The average molecular weight is 144 g/mol. The van der Waals surface area contributed by atoms with Crippen molar-refractivity contribution >= 4 is 6.08 Å². The van der Waals surface area contributed by atoms with Crippen molar-refractivity contribution in [3.8, 4) is 0 Å². The van der Waals surface area contributed by atoms with Gasteiger partial charge in [-0.1, -0.05) is 54.6 Å². The molecule has 0 bridgehead atoms. The minimum absolute atomic E-state index is 1.24. The molecule has 0 fully saturated rings. The molecule has 0 aliphatic heterocycles. The van der Waals surface area contributed by atoms with E-state index in [9.17, 15) is 0 Å². The molecule has 0 N–H and O–H groups in total. The minimum atomic E-state index is 1.24. The van der Waals surface area contributed by atoms with E-state index in [4.69, 9.17) is 0 Å². The zero-order valence-corrected chi connectivity index (χ0v) is 6.70. The molecule has 1 aromatic rings. The number of hydrogen-bond donors (Lipinski definition) is 0. The van der Waals surface area contributed by atoms with Crippen LogP contribution in [0.3, 0.4) is 0 Å². The molecule has 0 atom stereocenters. The van der Waals surface area contributed by atoms with E-state index in [1.165, 1.54) is 5.56 Å². The largest absolute Gasteiger partial charge is 0.0877 e. The van der Waals surface area contributed by atoms with Crippen LogP contribution in [0.25, 0.3) is 6.08 Å². The third-order valence-electron chi connectivity index (χ3n) is 1.39. The van der Waals surface area contributed by atoms with Gasteiger partial charge in [0.2, 0.25) is 0 Å². The molecule has 0 aliphatic carbocycles. The van der Waals surface area contributed by atoms with Crippen molar-refractivity contribution in [1.29, 1.82) is 0 Å². The van der Waals surface area contributed by atoms with Crippen LogP contribution >= 0.6 is 0 Å². The van der Waals surface area contributed by atoms with Crippen molar-refractivity contribution in [3.63, 3.8) is 0 Å². The molecular weight excluding hydrogens is 132 g/mol. The molecule has 0 radical (unpaired) electrons. The fraction of sp³-hybridized carbons (Fsp3) is 0.0909. The molecule has 1 rings (SSSR count). The summed E-state index contributed by atoms with van der Waals surface area (Å²) in [5, 5.41) is 0. The lowest BCUT2D eigenvalue weighted by Crippen LogP contribution is -1.66. The molecule has 11 heavy (non-hydrogen) atoms. The van der Waals surface area contributed by atoms with Gasteiger partial charge in [0, 0.05) is 0 Å². The lowest BCUT2D eigenvalue weighted by atomic mass is 10.2. The van der Waals surface area contributed by atoms with Gasteiger partial charge >= 0.3 is 0 Å². The van der Waals surface area contributed by atoms with E-state index in [1.54, 1.807) is 0 Å². The van der Waals surface area contributed by atoms with Crippen molar-refractivity contribution < 1.29 is 0 Å². The van der Waals surface area contributed by atoms with E-state index < -0.39 is 0 Å². The number of hydrogen-bond acceptors (Lipinski definition) is 0. The van der Waals surface area contributed by atoms with Crippen LogP contribution in [0.1, 0.15) is 12.5 Å². The molecule has 0 saturated heterocycles. The van der Waals surface area contributed by atoms with Crippen LogP contribution < -0.4 is 0 Å². The molecule has 0 heterocycles. The number of allylic oxidation sites excluding steroid dienone is 3. The highest BCUT2D eigenvalue weighted by molar-refractivity contribution is 5.50. The van der Waals surface area contributed by atoms with Crippen LogP contribution in [0.4, 0.5) is 0 Å². The molecule has 1 aromatic carbocycles. The van der Waals surface area contributed by atoms with Crippen LogP contribution in [-0.4, -0.2) is 0 Å². The van der Waals surface area contributed by atoms with Gasteiger partial charge in [-0.15, -0.1) is 0 Å². The van der Waals surface area contributed by atoms with Crippen LogP contribution in [0.5, 0.6) is 0 Å². The Kier molecular flexibility index (Phi) is 3.20. The number of rotatable bonds is 2. The molecule has 0 heteroatoms. The Morgan fingerprint density at radius 1 is 1.00 bits per heavy atom. The van der Waals surface area contributed by atoms with Gasteiger partial charge in [0.25, 0.3) is 0 Å². The van der Waals surface area contributed by atoms with Gasteiger partial charge in [-0.3, -0.25) is 0 Å². The van der Waals surface area contributed by atoms with Crippen molar-refractivity contribution in [3.05, 3.63) is 54.1 Å². The Labute approximate surface area is 67.9 Å². The van der Waals surface area contributed by atoms with Crippen molar-refractivity contribution in [2.24, 2.45) is 0 Å². The van der Waals surface area contributed by atoms with E-state index >= 15 is 0 Å². The van der Waals surface area contributed by atoms with Gasteiger partial charge < -0.3 is 0 Å². The van der Waals surface area contributed by atoms with Gasteiger partial charge in [-0.25, -0.2) is 0 Å². The van der Waals surface area contributed by atoms with Crippen LogP contribution in [0, 0.1) is 0 Å². The Bertz CT molecular complexity index is 242. The predicted octanol–water partition coefficient (Wildman–Crippen LogP) is 3.28. The molecular formula is C11H12. The second kappa shape index (κ2) is 4.51. The van der Waals surface area contributed by atoms with E-state index in [0.717, 1.165) is 0 Å². The lowest BCUT2D eigenvalue weighted by molar-refractivity contribution is 1.66. The summed E-state index contributed by atoms with van der Waals surface area (Å²) in [6.07, 6.45) is 8.15. The minimum Gasteiger partial charge on any atom is -0.0877 e. The lowest BCUT2D eigenvalue weighted by Gasteiger charge is -1.87. The topological polar surface area (TPSA) is 0 Å². The Morgan fingerprint density at radius 3 is 2.36 bits per heavy atom. The van der Waals surface area contributed by atoms with Crippen LogP contribution in [0.15, 0.2) is 48.6 Å². The molecule has 0 saturated carbocycles. The first-order valence-corrected chi connectivity index (χ1v) is 3.78. The fourth-order valence-corrected chi connectivity index (χ4v) is 0.842. The summed E-state index contributed by atoms with van der Waals surface area (Å²) in [4.78, 5) is 0. The molecule has 0 unspecified atom stereocenters. The third kappa shape index (κ3) is 2.85. The maximum atomic E-state index is 2.08. The van der Waals surface area contributed by atoms with Gasteiger partial charge in [0.15, 0.2) is 0 Å².